The number of urea groups is 1. The average molecular weight is 367 g/mol. The zero-order chi connectivity index (χ0) is 20.0. The Kier molecular flexibility index (Phi) is 6.67. The van der Waals surface area contributed by atoms with Crippen molar-refractivity contribution in [3.8, 4) is 0 Å². The van der Waals surface area contributed by atoms with Gasteiger partial charge in [0.2, 0.25) is 0 Å². The van der Waals surface area contributed by atoms with Crippen LogP contribution in [0.1, 0.15) is 57.2 Å². The number of anilines is 1. The highest BCUT2D eigenvalue weighted by molar-refractivity contribution is 5.90. The summed E-state index contributed by atoms with van der Waals surface area (Å²) < 4.78 is 5.43. The maximum absolute atomic E-state index is 12.6. The highest BCUT2D eigenvalue weighted by atomic mass is 16.5. The van der Waals surface area contributed by atoms with E-state index in [0.717, 1.165) is 11.1 Å². The summed E-state index contributed by atoms with van der Waals surface area (Å²) in [6, 6.07) is 15.5. The van der Waals surface area contributed by atoms with Crippen LogP contribution in [0.3, 0.4) is 0 Å². The van der Waals surface area contributed by atoms with Crippen molar-refractivity contribution in [1.82, 2.24) is 5.32 Å². The quantitative estimate of drug-likeness (QED) is 0.602. The van der Waals surface area contributed by atoms with Gasteiger partial charge in [0.05, 0.1) is 12.1 Å². The van der Waals surface area contributed by atoms with Crippen LogP contribution >= 0.6 is 0 Å². The first-order chi connectivity index (χ1) is 12.7. The number of nitrogens with one attached hydrogen (secondary N) is 2. The molecular weight excluding hydrogens is 336 g/mol. The monoisotopic (exact) mass is 366 g/mol. The summed E-state index contributed by atoms with van der Waals surface area (Å²) in [6.45, 7) is 14.7. The lowest BCUT2D eigenvalue weighted by atomic mass is 9.90. The van der Waals surface area contributed by atoms with Gasteiger partial charge in [-0.25, -0.2) is 4.79 Å². The maximum atomic E-state index is 12.6. The molecule has 0 atom stereocenters. The summed E-state index contributed by atoms with van der Waals surface area (Å²) in [7, 11) is 0. The summed E-state index contributed by atoms with van der Waals surface area (Å²) in [5.74, 6) is 1.03. The molecule has 2 aromatic carbocycles. The number of hydrogen-bond donors (Lipinski definition) is 2. The predicted molar refractivity (Wildman–Crippen MR) is 113 cm³/mol. The molecule has 2 rings (SSSR count). The molecule has 0 aliphatic rings. The topological polar surface area (TPSA) is 50.4 Å². The molecule has 0 fully saturated rings. The second-order valence-corrected chi connectivity index (χ2v) is 7.42. The van der Waals surface area contributed by atoms with Gasteiger partial charge >= 0.3 is 6.03 Å². The van der Waals surface area contributed by atoms with Gasteiger partial charge in [-0.3, -0.25) is 0 Å². The van der Waals surface area contributed by atoms with Gasteiger partial charge in [-0.1, -0.05) is 56.8 Å². The molecular formula is C23H30N2O2. The Hall–Kier alpha value is -2.75. The number of amides is 2. The summed E-state index contributed by atoms with van der Waals surface area (Å²) >= 11 is 0. The Morgan fingerprint density at radius 1 is 1.15 bits per heavy atom. The van der Waals surface area contributed by atoms with Crippen molar-refractivity contribution in [2.24, 2.45) is 0 Å². The van der Waals surface area contributed by atoms with Crippen LogP contribution in [-0.2, 0) is 10.3 Å². The van der Waals surface area contributed by atoms with E-state index in [1.165, 1.54) is 5.56 Å². The molecule has 2 N–H and O–H groups in total. The Morgan fingerprint density at radius 3 is 2.52 bits per heavy atom. The Labute approximate surface area is 162 Å². The molecule has 27 heavy (non-hydrogen) atoms. The van der Waals surface area contributed by atoms with Crippen LogP contribution in [0, 0.1) is 0 Å². The second kappa shape index (κ2) is 8.76. The number of rotatable bonds is 7. The van der Waals surface area contributed by atoms with Crippen molar-refractivity contribution in [2.75, 3.05) is 11.9 Å². The van der Waals surface area contributed by atoms with E-state index in [9.17, 15) is 4.79 Å². The van der Waals surface area contributed by atoms with Crippen LogP contribution < -0.4 is 10.6 Å². The van der Waals surface area contributed by atoms with Gasteiger partial charge < -0.3 is 15.4 Å². The van der Waals surface area contributed by atoms with Gasteiger partial charge in [-0.05, 0) is 49.9 Å². The van der Waals surface area contributed by atoms with Gasteiger partial charge in [0.1, 0.15) is 5.76 Å². The minimum atomic E-state index is -0.498. The summed E-state index contributed by atoms with van der Waals surface area (Å²) in [4.78, 5) is 12.6. The molecule has 4 heteroatoms. The lowest BCUT2D eigenvalue weighted by Gasteiger charge is -2.28. The highest BCUT2D eigenvalue weighted by Gasteiger charge is 2.23. The number of hydrogen-bond acceptors (Lipinski definition) is 2. The Morgan fingerprint density at radius 2 is 1.85 bits per heavy atom. The lowest BCUT2D eigenvalue weighted by molar-refractivity contribution is 0.242. The molecule has 0 aliphatic heterocycles. The number of carbonyl (C=O) groups is 1. The molecule has 0 radical (unpaired) electrons. The third-order valence-electron chi connectivity index (χ3n) is 4.46. The van der Waals surface area contributed by atoms with Crippen molar-refractivity contribution in [2.45, 2.75) is 46.1 Å². The second-order valence-electron chi connectivity index (χ2n) is 7.42. The van der Waals surface area contributed by atoms with Gasteiger partial charge in [0, 0.05) is 11.3 Å². The first-order valence-electron chi connectivity index (χ1n) is 9.34. The molecule has 2 amide bonds. The van der Waals surface area contributed by atoms with Crippen LogP contribution in [0.25, 0.3) is 5.76 Å². The van der Waals surface area contributed by atoms with Crippen molar-refractivity contribution in [3.63, 3.8) is 0 Å². The minimum Gasteiger partial charge on any atom is -0.494 e. The normalized spacial score (nSPS) is 11.2. The summed E-state index contributed by atoms with van der Waals surface area (Å²) in [5, 5.41) is 5.95. The van der Waals surface area contributed by atoms with E-state index in [0.29, 0.717) is 24.0 Å². The summed E-state index contributed by atoms with van der Waals surface area (Å²) in [6.07, 6.45) is 0. The average Bonchev–Trinajstić information content (AvgIpc) is 2.61. The van der Waals surface area contributed by atoms with E-state index >= 15 is 0 Å². The molecule has 0 aliphatic carbocycles. The number of carbonyl (C=O) groups excluding carboxylic acids is 1. The lowest BCUT2D eigenvalue weighted by Crippen LogP contribution is -2.43. The van der Waals surface area contributed by atoms with E-state index in [1.54, 1.807) is 0 Å². The molecule has 0 heterocycles. The highest BCUT2D eigenvalue weighted by Crippen LogP contribution is 2.25. The van der Waals surface area contributed by atoms with Gasteiger partial charge in [0.25, 0.3) is 0 Å². The van der Waals surface area contributed by atoms with Crippen LogP contribution in [0.15, 0.2) is 55.1 Å². The molecule has 4 nitrogen and oxygen atoms in total. The van der Waals surface area contributed by atoms with E-state index in [2.05, 4.69) is 43.2 Å². The summed E-state index contributed by atoms with van der Waals surface area (Å²) in [5.41, 5.74) is 3.37. The largest absolute Gasteiger partial charge is 0.494 e. The van der Waals surface area contributed by atoms with Crippen molar-refractivity contribution in [1.29, 1.82) is 0 Å². The molecule has 0 spiro atoms. The van der Waals surface area contributed by atoms with E-state index < -0.39 is 5.54 Å². The van der Waals surface area contributed by atoms with E-state index in [1.807, 2.05) is 57.2 Å². The predicted octanol–water partition coefficient (Wildman–Crippen LogP) is 5.87. The number of benzene rings is 2. The number of ether oxygens (including phenoxy) is 1. The van der Waals surface area contributed by atoms with Gasteiger partial charge in [-0.15, -0.1) is 0 Å². The van der Waals surface area contributed by atoms with Crippen LogP contribution in [0.5, 0.6) is 0 Å². The third-order valence-corrected chi connectivity index (χ3v) is 4.46. The fraction of sp³-hybridized carbons (Fsp3) is 0.348. The molecule has 2 aromatic rings. The first kappa shape index (κ1) is 20.6. The van der Waals surface area contributed by atoms with Crippen molar-refractivity contribution >= 4 is 17.5 Å². The molecule has 0 aromatic heterocycles. The first-order valence-corrected chi connectivity index (χ1v) is 9.34. The van der Waals surface area contributed by atoms with Crippen LogP contribution in [0.4, 0.5) is 10.5 Å². The van der Waals surface area contributed by atoms with Crippen LogP contribution in [-0.4, -0.2) is 12.6 Å². The zero-order valence-electron chi connectivity index (χ0n) is 16.9. The fourth-order valence-electron chi connectivity index (χ4n) is 2.83. The maximum Gasteiger partial charge on any atom is 0.319 e. The van der Waals surface area contributed by atoms with E-state index in [4.69, 9.17) is 4.74 Å². The molecule has 0 saturated carbocycles. The van der Waals surface area contributed by atoms with E-state index in [-0.39, 0.29) is 6.03 Å². The zero-order valence-corrected chi connectivity index (χ0v) is 16.9. The van der Waals surface area contributed by atoms with Crippen molar-refractivity contribution in [3.05, 3.63) is 71.8 Å². The standard InChI is InChI=1S/C23H30N2O2/c1-7-27-17(4)19-11-9-13-21(15-19)24-22(26)25-23(5,6)20-12-8-10-18(14-20)16(2)3/h8-16H,4,7H2,1-3,5-6H3,(H2,24,25,26). The third kappa shape index (κ3) is 5.61. The Balaban J connectivity index is 2.09. The van der Waals surface area contributed by atoms with Gasteiger partial charge in [-0.2, -0.15) is 0 Å². The van der Waals surface area contributed by atoms with Gasteiger partial charge in [0.15, 0.2) is 0 Å². The van der Waals surface area contributed by atoms with Crippen LogP contribution in [0.2, 0.25) is 0 Å². The molecule has 144 valence electrons. The fourth-order valence-corrected chi connectivity index (χ4v) is 2.83. The molecule has 0 saturated heterocycles. The van der Waals surface area contributed by atoms with Crippen molar-refractivity contribution < 1.29 is 9.53 Å². The minimum absolute atomic E-state index is 0.255. The smallest absolute Gasteiger partial charge is 0.319 e. The SMILES string of the molecule is C=C(OCC)c1cccc(NC(=O)NC(C)(C)c2cccc(C(C)C)c2)c1. The molecule has 0 bridgehead atoms. The Bertz CT molecular complexity index is 810. The molecule has 0 unspecified atom stereocenters.